The van der Waals surface area contributed by atoms with Crippen molar-refractivity contribution in [2.24, 2.45) is 0 Å². The number of hydrogen-bond donors (Lipinski definition) is 3. The van der Waals surface area contributed by atoms with Crippen molar-refractivity contribution < 1.29 is 9.47 Å². The summed E-state index contributed by atoms with van der Waals surface area (Å²) in [6.07, 6.45) is 0.860. The molecule has 0 saturated heterocycles. The molecule has 0 fully saturated rings. The van der Waals surface area contributed by atoms with Crippen LogP contribution in [0.15, 0.2) is 23.0 Å². The van der Waals surface area contributed by atoms with Crippen molar-refractivity contribution in [3.05, 3.63) is 28.6 Å². The van der Waals surface area contributed by atoms with E-state index in [1.807, 2.05) is 6.92 Å². The van der Waals surface area contributed by atoms with Gasteiger partial charge in [0.2, 0.25) is 0 Å². The Morgan fingerprint density at radius 2 is 2.10 bits per heavy atom. The molecular weight excluding hydrogens is 272 g/mol. The van der Waals surface area contributed by atoms with Crippen LogP contribution in [-0.4, -0.2) is 23.7 Å². The number of benzene rings is 1. The van der Waals surface area contributed by atoms with Gasteiger partial charge in [0.15, 0.2) is 5.82 Å². The lowest BCUT2D eigenvalue weighted by Gasteiger charge is -2.12. The molecule has 1 heterocycles. The zero-order valence-electron chi connectivity index (χ0n) is 12.0. The van der Waals surface area contributed by atoms with Crippen molar-refractivity contribution in [3.63, 3.8) is 0 Å². The first-order chi connectivity index (χ1) is 10.1. The predicted molar refractivity (Wildman–Crippen MR) is 81.5 cm³/mol. The summed E-state index contributed by atoms with van der Waals surface area (Å²) in [5, 5.41) is 0. The Bertz CT molecular complexity index is 697. The van der Waals surface area contributed by atoms with Crippen LogP contribution in [-0.2, 0) is 0 Å². The second-order valence-electron chi connectivity index (χ2n) is 4.42. The van der Waals surface area contributed by atoms with Crippen LogP contribution in [0.4, 0.5) is 11.5 Å². The number of H-pyrrole nitrogens is 1. The molecule has 112 valence electrons. The van der Waals surface area contributed by atoms with Crippen LogP contribution in [0.2, 0.25) is 0 Å². The third kappa shape index (κ3) is 3.07. The molecule has 0 bridgehead atoms. The summed E-state index contributed by atoms with van der Waals surface area (Å²) in [5.41, 5.74) is 11.2. The summed E-state index contributed by atoms with van der Waals surface area (Å²) in [7, 11) is 1.55. The Kier molecular flexibility index (Phi) is 4.32. The van der Waals surface area contributed by atoms with Crippen LogP contribution in [0.1, 0.15) is 13.3 Å². The summed E-state index contributed by atoms with van der Waals surface area (Å²) in [6.45, 7) is 2.55. The van der Waals surface area contributed by atoms with E-state index in [-0.39, 0.29) is 17.3 Å². The molecule has 7 nitrogen and oxygen atoms in total. The van der Waals surface area contributed by atoms with E-state index in [0.29, 0.717) is 23.7 Å². The molecule has 0 atom stereocenters. The number of nitrogens with two attached hydrogens (primary N) is 2. The van der Waals surface area contributed by atoms with E-state index >= 15 is 0 Å². The Labute approximate surface area is 121 Å². The zero-order chi connectivity index (χ0) is 15.4. The van der Waals surface area contributed by atoms with Crippen LogP contribution < -0.4 is 26.5 Å². The van der Waals surface area contributed by atoms with Crippen molar-refractivity contribution in [1.82, 2.24) is 9.97 Å². The Balaban J connectivity index is 2.57. The van der Waals surface area contributed by atoms with Gasteiger partial charge in [0, 0.05) is 0 Å². The van der Waals surface area contributed by atoms with Crippen molar-refractivity contribution in [2.75, 3.05) is 25.2 Å². The maximum absolute atomic E-state index is 11.7. The highest BCUT2D eigenvalue weighted by molar-refractivity contribution is 5.69. The van der Waals surface area contributed by atoms with Gasteiger partial charge >= 0.3 is 0 Å². The van der Waals surface area contributed by atoms with Crippen molar-refractivity contribution in [1.29, 1.82) is 0 Å². The highest BCUT2D eigenvalue weighted by atomic mass is 16.5. The monoisotopic (exact) mass is 290 g/mol. The number of rotatable bonds is 5. The number of anilines is 2. The largest absolute Gasteiger partial charge is 0.497 e. The normalized spacial score (nSPS) is 10.4. The Morgan fingerprint density at radius 1 is 1.33 bits per heavy atom. The Morgan fingerprint density at radius 3 is 2.71 bits per heavy atom. The van der Waals surface area contributed by atoms with Crippen molar-refractivity contribution in [3.8, 4) is 22.9 Å². The average Bonchev–Trinajstić information content (AvgIpc) is 2.50. The molecule has 0 aliphatic heterocycles. The number of aromatic nitrogens is 2. The minimum atomic E-state index is -0.484. The van der Waals surface area contributed by atoms with E-state index in [0.717, 1.165) is 6.42 Å². The molecule has 7 heteroatoms. The lowest BCUT2D eigenvalue weighted by atomic mass is 10.1. The van der Waals surface area contributed by atoms with Gasteiger partial charge in [-0.1, -0.05) is 6.92 Å². The highest BCUT2D eigenvalue weighted by Gasteiger charge is 2.13. The summed E-state index contributed by atoms with van der Waals surface area (Å²) in [5.74, 6) is 1.48. The van der Waals surface area contributed by atoms with E-state index in [9.17, 15) is 4.79 Å². The van der Waals surface area contributed by atoms with E-state index in [1.165, 1.54) is 0 Å². The van der Waals surface area contributed by atoms with Gasteiger partial charge in [-0.2, -0.15) is 0 Å². The van der Waals surface area contributed by atoms with E-state index in [1.54, 1.807) is 25.3 Å². The van der Waals surface area contributed by atoms with Crippen LogP contribution in [0, 0.1) is 0 Å². The molecule has 1 aromatic carbocycles. The van der Waals surface area contributed by atoms with Gasteiger partial charge in [0.05, 0.1) is 19.3 Å². The number of nitrogens with zero attached hydrogens (tertiary/aromatic N) is 1. The van der Waals surface area contributed by atoms with E-state index in [4.69, 9.17) is 20.9 Å². The molecule has 21 heavy (non-hydrogen) atoms. The molecular formula is C14H18N4O3. The third-order valence-electron chi connectivity index (χ3n) is 2.89. The highest BCUT2D eigenvalue weighted by Crippen LogP contribution is 2.31. The molecule has 0 saturated carbocycles. The number of nitrogens with one attached hydrogen (secondary N) is 1. The number of hydrogen-bond acceptors (Lipinski definition) is 6. The minimum absolute atomic E-state index is 0.0157. The molecule has 0 amide bonds. The molecule has 2 rings (SSSR count). The molecule has 2 aromatic rings. The lowest BCUT2D eigenvalue weighted by Crippen LogP contribution is -2.17. The van der Waals surface area contributed by atoms with Crippen LogP contribution >= 0.6 is 0 Å². The molecule has 0 aliphatic rings. The quantitative estimate of drug-likeness (QED) is 0.766. The third-order valence-corrected chi connectivity index (χ3v) is 2.89. The number of aromatic amines is 1. The average molecular weight is 290 g/mol. The number of methoxy groups -OCH3 is 1. The van der Waals surface area contributed by atoms with Gasteiger partial charge in [0.1, 0.15) is 23.0 Å². The van der Waals surface area contributed by atoms with Gasteiger partial charge in [-0.15, -0.1) is 0 Å². The van der Waals surface area contributed by atoms with Gasteiger partial charge in [-0.3, -0.25) is 4.79 Å². The molecule has 0 aliphatic carbocycles. The fourth-order valence-corrected chi connectivity index (χ4v) is 1.79. The summed E-state index contributed by atoms with van der Waals surface area (Å²) >= 11 is 0. The number of ether oxygens (including phenoxy) is 2. The van der Waals surface area contributed by atoms with Gasteiger partial charge in [-0.25, -0.2) is 4.98 Å². The minimum Gasteiger partial charge on any atom is -0.497 e. The first-order valence-corrected chi connectivity index (χ1v) is 6.53. The standard InChI is InChI=1S/C14H18N4O3/c1-3-6-21-10-5-4-8(20-2)7-9(10)13-17-12(16)11(15)14(19)18-13/h4-5,7H,3,6,15H2,1-2H3,(H3,16,17,18,19). The van der Waals surface area contributed by atoms with E-state index in [2.05, 4.69) is 9.97 Å². The second kappa shape index (κ2) is 6.17. The first-order valence-electron chi connectivity index (χ1n) is 6.53. The zero-order valence-corrected chi connectivity index (χ0v) is 12.0. The smallest absolute Gasteiger partial charge is 0.276 e. The maximum atomic E-state index is 11.7. The Hall–Kier alpha value is -2.70. The molecule has 0 radical (unpaired) electrons. The summed E-state index contributed by atoms with van der Waals surface area (Å²) in [6, 6.07) is 5.25. The second-order valence-corrected chi connectivity index (χ2v) is 4.42. The SMILES string of the molecule is CCCOc1ccc(OC)cc1-c1nc(N)c(N)c(=O)[nH]1. The summed E-state index contributed by atoms with van der Waals surface area (Å²) in [4.78, 5) is 18.4. The van der Waals surface area contributed by atoms with Gasteiger partial charge < -0.3 is 25.9 Å². The maximum Gasteiger partial charge on any atom is 0.276 e. The van der Waals surface area contributed by atoms with Crippen molar-refractivity contribution in [2.45, 2.75) is 13.3 Å². The lowest BCUT2D eigenvalue weighted by molar-refractivity contribution is 0.317. The van der Waals surface area contributed by atoms with Crippen LogP contribution in [0.25, 0.3) is 11.4 Å². The fourth-order valence-electron chi connectivity index (χ4n) is 1.79. The topological polar surface area (TPSA) is 116 Å². The fraction of sp³-hybridized carbons (Fsp3) is 0.286. The van der Waals surface area contributed by atoms with Gasteiger partial charge in [0.25, 0.3) is 5.56 Å². The van der Waals surface area contributed by atoms with Crippen molar-refractivity contribution >= 4 is 11.5 Å². The van der Waals surface area contributed by atoms with Crippen LogP contribution in [0.5, 0.6) is 11.5 Å². The van der Waals surface area contributed by atoms with Crippen LogP contribution in [0.3, 0.4) is 0 Å². The molecule has 0 spiro atoms. The number of nitrogen functional groups attached to an aromatic ring is 2. The van der Waals surface area contributed by atoms with Gasteiger partial charge in [-0.05, 0) is 24.6 Å². The van der Waals surface area contributed by atoms with E-state index < -0.39 is 5.56 Å². The first kappa shape index (κ1) is 14.7. The predicted octanol–water partition coefficient (Wildman–Crippen LogP) is 1.40. The molecule has 5 N–H and O–H groups in total. The summed E-state index contributed by atoms with van der Waals surface area (Å²) < 4.78 is 10.8. The molecule has 1 aromatic heterocycles. The molecule has 0 unspecified atom stereocenters.